The number of nitrogens with zero attached hydrogens (tertiary/aromatic N) is 1. The van der Waals surface area contributed by atoms with Gasteiger partial charge in [0.15, 0.2) is 0 Å². The number of aromatic nitrogens is 1. The van der Waals surface area contributed by atoms with E-state index >= 15 is 0 Å². The molecule has 0 saturated carbocycles. The first kappa shape index (κ1) is 17.4. The molecule has 0 bridgehead atoms. The third-order valence-electron chi connectivity index (χ3n) is 3.70. The second-order valence-corrected chi connectivity index (χ2v) is 7.09. The highest BCUT2D eigenvalue weighted by Gasteiger charge is 2.23. The number of urea groups is 1. The van der Waals surface area contributed by atoms with Crippen LogP contribution in [0, 0.1) is 18.3 Å². The molecule has 0 spiro atoms. The summed E-state index contributed by atoms with van der Waals surface area (Å²) in [4.78, 5) is 27.0. The van der Waals surface area contributed by atoms with Gasteiger partial charge in [-0.15, -0.1) is 11.3 Å². The fourth-order valence-corrected chi connectivity index (χ4v) is 2.30. The van der Waals surface area contributed by atoms with Crippen LogP contribution < -0.4 is 10.6 Å². The molecule has 118 valence electrons. The first-order valence-electron chi connectivity index (χ1n) is 6.84. The lowest BCUT2D eigenvalue weighted by Gasteiger charge is -2.29. The highest BCUT2D eigenvalue weighted by atomic mass is 32.1. The number of hydrogen-bond donors (Lipinski definition) is 3. The second-order valence-electron chi connectivity index (χ2n) is 6.01. The second kappa shape index (κ2) is 6.89. The Kier molecular flexibility index (Phi) is 5.71. The van der Waals surface area contributed by atoms with E-state index in [1.54, 1.807) is 6.92 Å². The van der Waals surface area contributed by atoms with E-state index in [0.717, 1.165) is 11.3 Å². The van der Waals surface area contributed by atoms with Gasteiger partial charge in [0.2, 0.25) is 0 Å². The van der Waals surface area contributed by atoms with Crippen LogP contribution in [0.1, 0.15) is 48.1 Å². The van der Waals surface area contributed by atoms with E-state index in [1.165, 1.54) is 0 Å². The van der Waals surface area contributed by atoms with Crippen molar-refractivity contribution >= 4 is 23.3 Å². The fraction of sp³-hybridized carbons (Fsp3) is 0.643. The van der Waals surface area contributed by atoms with Crippen molar-refractivity contribution in [2.24, 2.45) is 11.3 Å². The maximum atomic E-state index is 11.7. The third-order valence-corrected chi connectivity index (χ3v) is 4.85. The quantitative estimate of drug-likeness (QED) is 0.753. The predicted octanol–water partition coefficient (Wildman–Crippen LogP) is 2.63. The Bertz CT molecular complexity index is 524. The normalized spacial score (nSPS) is 11.5. The van der Waals surface area contributed by atoms with Crippen molar-refractivity contribution in [2.45, 2.75) is 41.2 Å². The molecule has 0 radical (unpaired) electrons. The molecule has 3 N–H and O–H groups in total. The molecule has 1 aromatic rings. The number of aryl methyl sites for hydroxylation is 1. The number of carboxylic acid groups (broad SMARTS) is 1. The van der Waals surface area contributed by atoms with Crippen LogP contribution in [0.3, 0.4) is 0 Å². The van der Waals surface area contributed by atoms with Crippen LogP contribution in [0.25, 0.3) is 0 Å². The van der Waals surface area contributed by atoms with Gasteiger partial charge in [0.05, 0.1) is 12.2 Å². The summed E-state index contributed by atoms with van der Waals surface area (Å²) in [6, 6.07) is -0.270. The smallest absolute Gasteiger partial charge is 0.347 e. The Balaban J connectivity index is 2.47. The summed E-state index contributed by atoms with van der Waals surface area (Å²) in [5, 5.41) is 15.1. The number of carboxylic acids is 1. The minimum Gasteiger partial charge on any atom is -0.477 e. The summed E-state index contributed by atoms with van der Waals surface area (Å²) < 4.78 is 0. The molecule has 0 aliphatic rings. The Morgan fingerprint density at radius 3 is 2.43 bits per heavy atom. The summed E-state index contributed by atoms with van der Waals surface area (Å²) in [5.74, 6) is -0.531. The minimum atomic E-state index is -0.987. The number of rotatable bonds is 6. The van der Waals surface area contributed by atoms with Crippen molar-refractivity contribution < 1.29 is 14.7 Å². The monoisotopic (exact) mass is 313 g/mol. The molecule has 1 aromatic heterocycles. The summed E-state index contributed by atoms with van der Waals surface area (Å²) in [7, 11) is 0. The average molecular weight is 313 g/mol. The van der Waals surface area contributed by atoms with Crippen molar-refractivity contribution in [2.75, 3.05) is 6.54 Å². The van der Waals surface area contributed by atoms with Crippen molar-refractivity contribution in [3.8, 4) is 0 Å². The van der Waals surface area contributed by atoms with E-state index in [4.69, 9.17) is 5.11 Å². The Labute approximate surface area is 129 Å². The molecule has 0 aliphatic heterocycles. The fourth-order valence-electron chi connectivity index (χ4n) is 1.46. The van der Waals surface area contributed by atoms with Gasteiger partial charge in [0.25, 0.3) is 0 Å². The zero-order valence-corrected chi connectivity index (χ0v) is 13.9. The number of hydrogen-bond acceptors (Lipinski definition) is 4. The van der Waals surface area contributed by atoms with Gasteiger partial charge in [-0.2, -0.15) is 0 Å². The highest BCUT2D eigenvalue weighted by molar-refractivity contribution is 7.13. The number of carbonyl (C=O) groups is 2. The Morgan fingerprint density at radius 1 is 1.33 bits per heavy atom. The van der Waals surface area contributed by atoms with E-state index in [9.17, 15) is 9.59 Å². The zero-order valence-electron chi connectivity index (χ0n) is 13.1. The lowest BCUT2D eigenvalue weighted by atomic mass is 9.81. The van der Waals surface area contributed by atoms with Gasteiger partial charge in [-0.05, 0) is 18.3 Å². The van der Waals surface area contributed by atoms with Crippen molar-refractivity contribution in [1.29, 1.82) is 0 Å². The standard InChI is InChI=1S/C14H23N3O3S/c1-8(2)14(4,5)7-16-13(20)15-6-10-17-9(3)11(21-10)12(18)19/h8H,6-7H2,1-5H3,(H,18,19)(H2,15,16,20). The molecular formula is C14H23N3O3S. The minimum absolute atomic E-state index is 0.0194. The number of carbonyl (C=O) groups excluding carboxylic acids is 1. The lowest BCUT2D eigenvalue weighted by Crippen LogP contribution is -2.42. The van der Waals surface area contributed by atoms with Crippen molar-refractivity contribution in [3.05, 3.63) is 15.6 Å². The summed E-state index contributed by atoms with van der Waals surface area (Å²) >= 11 is 1.08. The van der Waals surface area contributed by atoms with E-state index < -0.39 is 5.97 Å². The molecule has 0 atom stereocenters. The molecule has 6 nitrogen and oxygen atoms in total. The molecule has 0 fully saturated rings. The van der Waals surface area contributed by atoms with Crippen LogP contribution in [0.15, 0.2) is 0 Å². The SMILES string of the molecule is Cc1nc(CNC(=O)NCC(C)(C)C(C)C)sc1C(=O)O. The molecule has 0 aromatic carbocycles. The molecule has 0 saturated heterocycles. The number of aromatic carboxylic acids is 1. The van der Waals surface area contributed by atoms with Crippen molar-refractivity contribution in [3.63, 3.8) is 0 Å². The Hall–Kier alpha value is -1.63. The largest absolute Gasteiger partial charge is 0.477 e. The molecule has 2 amide bonds. The zero-order chi connectivity index (χ0) is 16.2. The van der Waals surface area contributed by atoms with Gasteiger partial charge in [0, 0.05) is 6.54 Å². The van der Waals surface area contributed by atoms with Gasteiger partial charge in [0.1, 0.15) is 9.88 Å². The van der Waals surface area contributed by atoms with Crippen LogP contribution in [-0.2, 0) is 6.54 Å². The van der Waals surface area contributed by atoms with E-state index in [2.05, 4.69) is 43.3 Å². The Morgan fingerprint density at radius 2 is 1.95 bits per heavy atom. The average Bonchev–Trinajstić information content (AvgIpc) is 2.75. The van der Waals surface area contributed by atoms with Crippen LogP contribution in [0.2, 0.25) is 0 Å². The highest BCUT2D eigenvalue weighted by Crippen LogP contribution is 2.24. The lowest BCUT2D eigenvalue weighted by molar-refractivity contribution is 0.0701. The summed E-state index contributed by atoms with van der Waals surface area (Å²) in [6.45, 7) is 10.9. The predicted molar refractivity (Wildman–Crippen MR) is 82.7 cm³/mol. The van der Waals surface area contributed by atoms with Gasteiger partial charge in [-0.25, -0.2) is 14.6 Å². The molecule has 1 rings (SSSR count). The third kappa shape index (κ3) is 5.00. The van der Waals surface area contributed by atoms with Gasteiger partial charge >= 0.3 is 12.0 Å². The van der Waals surface area contributed by atoms with Crippen LogP contribution in [-0.4, -0.2) is 28.6 Å². The van der Waals surface area contributed by atoms with Crippen LogP contribution in [0.5, 0.6) is 0 Å². The van der Waals surface area contributed by atoms with Crippen LogP contribution >= 0.6 is 11.3 Å². The van der Waals surface area contributed by atoms with E-state index in [-0.39, 0.29) is 22.9 Å². The first-order valence-corrected chi connectivity index (χ1v) is 7.66. The van der Waals surface area contributed by atoms with E-state index in [1.807, 2.05) is 0 Å². The number of amides is 2. The number of nitrogens with one attached hydrogen (secondary N) is 2. The first-order chi connectivity index (χ1) is 9.63. The molecular weight excluding hydrogens is 290 g/mol. The molecule has 0 unspecified atom stereocenters. The van der Waals surface area contributed by atoms with Gasteiger partial charge in [-0.3, -0.25) is 0 Å². The van der Waals surface area contributed by atoms with Crippen molar-refractivity contribution in [1.82, 2.24) is 15.6 Å². The maximum Gasteiger partial charge on any atom is 0.347 e. The molecule has 1 heterocycles. The van der Waals surface area contributed by atoms with Crippen LogP contribution in [0.4, 0.5) is 4.79 Å². The van der Waals surface area contributed by atoms with Gasteiger partial charge in [-0.1, -0.05) is 27.7 Å². The molecule has 21 heavy (non-hydrogen) atoms. The maximum absolute atomic E-state index is 11.7. The summed E-state index contributed by atoms with van der Waals surface area (Å²) in [5.41, 5.74) is 0.497. The van der Waals surface area contributed by atoms with Gasteiger partial charge < -0.3 is 15.7 Å². The number of thiazole rings is 1. The topological polar surface area (TPSA) is 91.3 Å². The van der Waals surface area contributed by atoms with E-state index in [0.29, 0.717) is 23.2 Å². The summed E-state index contributed by atoms with van der Waals surface area (Å²) in [6.07, 6.45) is 0. The molecule has 0 aliphatic carbocycles. The molecule has 7 heteroatoms.